The highest BCUT2D eigenvalue weighted by Crippen LogP contribution is 2.60. The number of imidazole rings is 1. The Morgan fingerprint density at radius 3 is 2.93 bits per heavy atom. The van der Waals surface area contributed by atoms with Crippen molar-refractivity contribution in [3.05, 3.63) is 12.0 Å². The number of nitrogen functional groups attached to an aromatic ring is 1. The summed E-state index contributed by atoms with van der Waals surface area (Å²) < 4.78 is 51.6. The minimum Gasteiger partial charge on any atom is -0.368 e. The Morgan fingerprint density at radius 1 is 1.48 bits per heavy atom. The molecule has 0 radical (unpaired) electrons. The third-order valence-corrected chi connectivity index (χ3v) is 6.16. The molecular formula is C15H21FN5O5P. The van der Waals surface area contributed by atoms with Crippen LogP contribution in [-0.2, 0) is 22.9 Å². The molecule has 5 atom stereocenters. The number of phosphoric ester groups is 1. The van der Waals surface area contributed by atoms with E-state index >= 15 is 4.39 Å². The molecule has 2 aromatic heterocycles. The molecule has 12 heteroatoms. The van der Waals surface area contributed by atoms with Crippen LogP contribution in [0.3, 0.4) is 0 Å². The summed E-state index contributed by atoms with van der Waals surface area (Å²) in [6.07, 6.45) is -2.02. The van der Waals surface area contributed by atoms with E-state index in [2.05, 4.69) is 15.0 Å². The van der Waals surface area contributed by atoms with Gasteiger partial charge in [0.1, 0.15) is 17.7 Å². The first-order valence-corrected chi connectivity index (χ1v) is 9.99. The van der Waals surface area contributed by atoms with E-state index in [9.17, 15) is 4.57 Å². The first kappa shape index (κ1) is 18.7. The Bertz CT molecular complexity index is 935. The number of hydrogen-bond acceptors (Lipinski definition) is 9. The molecule has 0 unspecified atom stereocenters. The molecular weight excluding hydrogens is 380 g/mol. The molecule has 0 amide bonds. The maximum Gasteiger partial charge on any atom is 0.475 e. The second-order valence-electron chi connectivity index (χ2n) is 7.09. The van der Waals surface area contributed by atoms with Gasteiger partial charge in [0.25, 0.3) is 0 Å². The van der Waals surface area contributed by atoms with E-state index < -0.39 is 38.0 Å². The summed E-state index contributed by atoms with van der Waals surface area (Å²) in [5.41, 5.74) is 5.08. The van der Waals surface area contributed by atoms with Crippen LogP contribution >= 0.6 is 7.82 Å². The average molecular weight is 401 g/mol. The number of alkyl halides is 1. The molecule has 2 aromatic rings. The Hall–Kier alpha value is -1.65. The lowest BCUT2D eigenvalue weighted by Gasteiger charge is -2.34. The smallest absolute Gasteiger partial charge is 0.368 e. The van der Waals surface area contributed by atoms with Gasteiger partial charge in [-0.1, -0.05) is 0 Å². The van der Waals surface area contributed by atoms with Crippen molar-refractivity contribution in [3.63, 3.8) is 0 Å². The molecule has 2 N–H and O–H groups in total. The summed E-state index contributed by atoms with van der Waals surface area (Å²) in [5, 5.41) is 0. The number of hydrogen-bond donors (Lipinski definition) is 1. The van der Waals surface area contributed by atoms with E-state index in [1.54, 1.807) is 20.8 Å². The predicted octanol–water partition coefficient (Wildman–Crippen LogP) is 2.29. The number of fused-ring (bicyclic) bond motifs is 2. The van der Waals surface area contributed by atoms with E-state index in [0.717, 1.165) is 0 Å². The van der Waals surface area contributed by atoms with E-state index in [1.165, 1.54) is 17.8 Å². The van der Waals surface area contributed by atoms with Gasteiger partial charge in [-0.05, 0) is 27.7 Å². The number of aromatic nitrogens is 4. The quantitative estimate of drug-likeness (QED) is 0.771. The predicted molar refractivity (Wildman–Crippen MR) is 92.5 cm³/mol. The number of nitrogens with two attached hydrogens (primary N) is 1. The van der Waals surface area contributed by atoms with Gasteiger partial charge in [-0.25, -0.2) is 18.9 Å². The molecule has 10 nitrogen and oxygen atoms in total. The van der Waals surface area contributed by atoms with Gasteiger partial charge < -0.3 is 10.5 Å². The third-order valence-electron chi connectivity index (χ3n) is 4.53. The lowest BCUT2D eigenvalue weighted by atomic mass is 9.98. The number of ether oxygens (including phenoxy) is 1. The topological polar surface area (TPSA) is 124 Å². The second-order valence-corrected chi connectivity index (χ2v) is 8.67. The molecule has 2 aliphatic rings. The average Bonchev–Trinajstić information content (AvgIpc) is 3.05. The van der Waals surface area contributed by atoms with Gasteiger partial charge in [0.15, 0.2) is 17.5 Å². The summed E-state index contributed by atoms with van der Waals surface area (Å²) in [4.78, 5) is 12.5. The molecule has 0 spiro atoms. The zero-order chi connectivity index (χ0) is 19.6. The molecule has 0 aromatic carbocycles. The van der Waals surface area contributed by atoms with Crippen LogP contribution in [0.25, 0.3) is 11.2 Å². The van der Waals surface area contributed by atoms with Crippen LogP contribution in [-0.4, -0.2) is 50.1 Å². The van der Waals surface area contributed by atoms with Gasteiger partial charge in [0, 0.05) is 0 Å². The Kier molecular flexibility index (Phi) is 4.28. The highest BCUT2D eigenvalue weighted by molar-refractivity contribution is 7.48. The molecule has 148 valence electrons. The molecule has 2 saturated heterocycles. The standard InChI is InChI=1S/C15H21FN5O5P/c1-7(2)25-27(22)23-5-9-11(26-27)15(4,16)13(24-9)21-6-18-10-8(3)19-14(17)20-12(10)21/h6-7,9,11,13H,5H2,1-4H3,(H2,17,19,20)/t9-,11-,13-,15-,27-/m1/s1. The third kappa shape index (κ3) is 3.03. The number of rotatable bonds is 3. The van der Waals surface area contributed by atoms with Crippen molar-refractivity contribution >= 4 is 24.9 Å². The van der Waals surface area contributed by atoms with E-state index in [0.29, 0.717) is 16.9 Å². The largest absolute Gasteiger partial charge is 0.475 e. The van der Waals surface area contributed by atoms with Crippen molar-refractivity contribution in [2.45, 2.75) is 57.9 Å². The summed E-state index contributed by atoms with van der Waals surface area (Å²) in [6, 6.07) is 0. The maximum absolute atomic E-state index is 15.8. The number of nitrogens with zero attached hydrogens (tertiary/aromatic N) is 4. The number of aryl methyl sites for hydroxylation is 1. The number of halogens is 1. The molecule has 4 heterocycles. The van der Waals surface area contributed by atoms with Gasteiger partial charge in [0.2, 0.25) is 5.95 Å². The van der Waals surface area contributed by atoms with Gasteiger partial charge in [0.05, 0.1) is 24.7 Å². The molecule has 4 rings (SSSR count). The van der Waals surface area contributed by atoms with Crippen LogP contribution in [0.5, 0.6) is 0 Å². The van der Waals surface area contributed by atoms with Crippen LogP contribution in [0.1, 0.15) is 32.7 Å². The van der Waals surface area contributed by atoms with Crippen molar-refractivity contribution in [3.8, 4) is 0 Å². The van der Waals surface area contributed by atoms with Crippen molar-refractivity contribution in [2.24, 2.45) is 0 Å². The highest BCUT2D eigenvalue weighted by atomic mass is 31.2. The first-order chi connectivity index (χ1) is 12.6. The molecule has 2 fully saturated rings. The van der Waals surface area contributed by atoms with Crippen LogP contribution in [0.2, 0.25) is 0 Å². The Balaban J connectivity index is 1.70. The summed E-state index contributed by atoms with van der Waals surface area (Å²) in [6.45, 7) is 6.30. The summed E-state index contributed by atoms with van der Waals surface area (Å²) in [7, 11) is -3.88. The van der Waals surface area contributed by atoms with E-state index in [4.69, 9.17) is 24.0 Å². The van der Waals surface area contributed by atoms with Crippen molar-refractivity contribution < 1.29 is 27.3 Å². The number of anilines is 1. The minimum absolute atomic E-state index is 0.0483. The lowest BCUT2D eigenvalue weighted by molar-refractivity contribution is -0.0733. The molecule has 27 heavy (non-hydrogen) atoms. The van der Waals surface area contributed by atoms with E-state index in [-0.39, 0.29) is 12.6 Å². The highest BCUT2D eigenvalue weighted by Gasteiger charge is 2.61. The minimum atomic E-state index is -3.88. The normalized spacial score (nSPS) is 36.4. The van der Waals surface area contributed by atoms with Crippen LogP contribution in [0.4, 0.5) is 10.3 Å². The van der Waals surface area contributed by atoms with Crippen LogP contribution < -0.4 is 5.73 Å². The fourth-order valence-corrected chi connectivity index (χ4v) is 5.04. The molecule has 0 aliphatic carbocycles. The van der Waals surface area contributed by atoms with Gasteiger partial charge in [-0.15, -0.1) is 0 Å². The molecule has 0 bridgehead atoms. The monoisotopic (exact) mass is 401 g/mol. The number of phosphoric acid groups is 1. The SMILES string of the molecule is Cc1nc(N)nc2c1ncn2[C@@H]1O[C@@H]2CO[P@](=O)(OC(C)C)O[C@H]2[C@@]1(C)F. The van der Waals surface area contributed by atoms with Gasteiger partial charge in [-0.2, -0.15) is 4.98 Å². The molecule has 0 saturated carbocycles. The Morgan fingerprint density at radius 2 is 2.22 bits per heavy atom. The van der Waals surface area contributed by atoms with Crippen molar-refractivity contribution in [1.82, 2.24) is 19.5 Å². The maximum atomic E-state index is 15.8. The summed E-state index contributed by atoms with van der Waals surface area (Å²) in [5.74, 6) is 0.0483. The van der Waals surface area contributed by atoms with Gasteiger partial charge >= 0.3 is 7.82 Å². The summed E-state index contributed by atoms with van der Waals surface area (Å²) >= 11 is 0. The van der Waals surface area contributed by atoms with Crippen LogP contribution in [0.15, 0.2) is 6.33 Å². The lowest BCUT2D eigenvalue weighted by Crippen LogP contribution is -2.45. The van der Waals surface area contributed by atoms with Gasteiger partial charge in [-0.3, -0.25) is 18.1 Å². The fraction of sp³-hybridized carbons (Fsp3) is 0.667. The van der Waals surface area contributed by atoms with E-state index in [1.807, 2.05) is 0 Å². The van der Waals surface area contributed by atoms with Crippen LogP contribution in [0, 0.1) is 6.92 Å². The second kappa shape index (κ2) is 6.18. The Labute approximate surface area is 154 Å². The van der Waals surface area contributed by atoms with Crippen molar-refractivity contribution in [1.29, 1.82) is 0 Å². The molecule has 2 aliphatic heterocycles. The first-order valence-electron chi connectivity index (χ1n) is 8.53. The fourth-order valence-electron chi connectivity index (χ4n) is 3.41. The zero-order valence-electron chi connectivity index (χ0n) is 15.3. The van der Waals surface area contributed by atoms with Crippen molar-refractivity contribution in [2.75, 3.05) is 12.3 Å². The zero-order valence-corrected chi connectivity index (χ0v) is 16.2.